The zero-order chi connectivity index (χ0) is 27.5. The highest BCUT2D eigenvalue weighted by molar-refractivity contribution is 5.79. The Morgan fingerprint density at radius 3 is 2.26 bits per heavy atom. The first-order valence-corrected chi connectivity index (χ1v) is 13.4. The Bertz CT molecular complexity index is 1050. The fourth-order valence-electron chi connectivity index (χ4n) is 4.37. The second-order valence-electron chi connectivity index (χ2n) is 10.8. The first-order chi connectivity index (χ1) is 18.1. The van der Waals surface area contributed by atoms with Crippen molar-refractivity contribution in [1.29, 1.82) is 0 Å². The van der Waals surface area contributed by atoms with Crippen molar-refractivity contribution < 1.29 is 23.9 Å². The van der Waals surface area contributed by atoms with Crippen molar-refractivity contribution in [2.75, 3.05) is 26.2 Å². The van der Waals surface area contributed by atoms with Crippen LogP contribution in [-0.4, -0.2) is 54.6 Å². The quantitative estimate of drug-likeness (QED) is 0.421. The molecule has 2 aromatic rings. The van der Waals surface area contributed by atoms with Crippen molar-refractivity contribution >= 4 is 18.0 Å². The number of benzene rings is 2. The normalized spacial score (nSPS) is 15.9. The van der Waals surface area contributed by atoms with E-state index < -0.39 is 17.7 Å². The molecule has 2 saturated heterocycles. The number of alkyl carbamates (subject to hydrolysis) is 1. The molecule has 2 N–H and O–H groups in total. The van der Waals surface area contributed by atoms with Gasteiger partial charge in [-0.25, -0.2) is 9.59 Å². The van der Waals surface area contributed by atoms with Crippen molar-refractivity contribution in [3.63, 3.8) is 0 Å². The van der Waals surface area contributed by atoms with E-state index in [2.05, 4.69) is 41.8 Å². The molecule has 0 saturated carbocycles. The van der Waals surface area contributed by atoms with E-state index >= 15 is 0 Å². The van der Waals surface area contributed by atoms with E-state index in [1.807, 2.05) is 17.0 Å². The summed E-state index contributed by atoms with van der Waals surface area (Å²) in [6.45, 7) is 10.9. The number of ether oxygens (including phenoxy) is 2. The van der Waals surface area contributed by atoms with E-state index in [4.69, 9.17) is 9.47 Å². The molecule has 0 radical (unpaired) electrons. The number of aryl methyl sites for hydroxylation is 1. The van der Waals surface area contributed by atoms with Gasteiger partial charge in [0, 0.05) is 19.5 Å². The van der Waals surface area contributed by atoms with Gasteiger partial charge in [0.1, 0.15) is 17.9 Å². The molecule has 0 atom stereocenters. The molecule has 0 bridgehead atoms. The molecule has 0 unspecified atom stereocenters. The number of amides is 2. The fraction of sp³-hybridized carbons (Fsp3) is 0.500. The highest BCUT2D eigenvalue weighted by Crippen LogP contribution is 2.26. The Kier molecular flexibility index (Phi) is 10.7. The Hall–Kier alpha value is -3.39. The number of rotatable bonds is 6. The lowest BCUT2D eigenvalue weighted by molar-refractivity contribution is -0.133. The van der Waals surface area contributed by atoms with Gasteiger partial charge in [-0.05, 0) is 89.2 Å². The Labute approximate surface area is 226 Å². The molecule has 2 amide bonds. The van der Waals surface area contributed by atoms with Crippen LogP contribution in [-0.2, 0) is 20.9 Å². The molecule has 2 heterocycles. The van der Waals surface area contributed by atoms with Gasteiger partial charge in [-0.2, -0.15) is 0 Å². The molecule has 38 heavy (non-hydrogen) atoms. The molecule has 206 valence electrons. The maximum atomic E-state index is 11.8. The molecule has 2 aliphatic rings. The lowest BCUT2D eigenvalue weighted by Crippen LogP contribution is -2.36. The molecule has 0 spiro atoms. The summed E-state index contributed by atoms with van der Waals surface area (Å²) in [6, 6.07) is 16.0. The highest BCUT2D eigenvalue weighted by Gasteiger charge is 2.20. The zero-order valence-corrected chi connectivity index (χ0v) is 23.0. The molecule has 0 aliphatic carbocycles. The van der Waals surface area contributed by atoms with Crippen LogP contribution in [0.25, 0.3) is 0 Å². The summed E-state index contributed by atoms with van der Waals surface area (Å²) >= 11 is 0. The molecule has 0 aromatic heterocycles. The summed E-state index contributed by atoms with van der Waals surface area (Å²) in [5.41, 5.74) is 3.16. The third kappa shape index (κ3) is 10.2. The molecule has 8 heteroatoms. The van der Waals surface area contributed by atoms with Crippen LogP contribution in [0.1, 0.15) is 69.1 Å². The van der Waals surface area contributed by atoms with E-state index in [0.29, 0.717) is 17.6 Å². The SMILES string of the molecule is CC(C)(C)OC(=O)NCC(=O)Oc1ccc(C2CCNCC2)cc1.Cc1ccc(CN2CCCC2=O)cc1. The van der Waals surface area contributed by atoms with Gasteiger partial charge in [-0.3, -0.25) is 4.79 Å². The van der Waals surface area contributed by atoms with Gasteiger partial charge in [0.15, 0.2) is 0 Å². The summed E-state index contributed by atoms with van der Waals surface area (Å²) in [5.74, 6) is 0.801. The molecular formula is C30H41N3O5. The average Bonchev–Trinajstić information content (AvgIpc) is 3.29. The van der Waals surface area contributed by atoms with Crippen LogP contribution in [0.15, 0.2) is 48.5 Å². The summed E-state index contributed by atoms with van der Waals surface area (Å²) in [6.07, 6.45) is 3.36. The number of nitrogens with zero attached hydrogens (tertiary/aromatic N) is 1. The first-order valence-electron chi connectivity index (χ1n) is 13.4. The minimum absolute atomic E-state index is 0.231. The number of piperidine rings is 1. The minimum Gasteiger partial charge on any atom is -0.444 e. The number of carbonyl (C=O) groups is 3. The number of hydrogen-bond donors (Lipinski definition) is 2. The number of likely N-dealkylation sites (tertiary alicyclic amines) is 1. The lowest BCUT2D eigenvalue weighted by Gasteiger charge is -2.23. The molecule has 8 nitrogen and oxygen atoms in total. The molecule has 2 fully saturated rings. The van der Waals surface area contributed by atoms with Crippen molar-refractivity contribution in [3.05, 3.63) is 65.2 Å². The van der Waals surface area contributed by atoms with Gasteiger partial charge in [0.2, 0.25) is 5.91 Å². The van der Waals surface area contributed by atoms with Crippen LogP contribution in [0.2, 0.25) is 0 Å². The van der Waals surface area contributed by atoms with E-state index in [-0.39, 0.29) is 6.54 Å². The Morgan fingerprint density at radius 2 is 1.68 bits per heavy atom. The molecule has 4 rings (SSSR count). The number of nitrogens with one attached hydrogen (secondary N) is 2. The second-order valence-corrected chi connectivity index (χ2v) is 10.8. The maximum Gasteiger partial charge on any atom is 0.408 e. The van der Waals surface area contributed by atoms with Gasteiger partial charge in [0.05, 0.1) is 0 Å². The van der Waals surface area contributed by atoms with Gasteiger partial charge < -0.3 is 25.0 Å². The van der Waals surface area contributed by atoms with E-state index in [9.17, 15) is 14.4 Å². The summed E-state index contributed by atoms with van der Waals surface area (Å²) in [7, 11) is 0. The van der Waals surface area contributed by atoms with Crippen LogP contribution < -0.4 is 15.4 Å². The number of carbonyl (C=O) groups excluding carboxylic acids is 3. The smallest absolute Gasteiger partial charge is 0.408 e. The van der Waals surface area contributed by atoms with Crippen LogP contribution in [0, 0.1) is 6.92 Å². The van der Waals surface area contributed by atoms with Gasteiger partial charge >= 0.3 is 12.1 Å². The van der Waals surface area contributed by atoms with Crippen molar-refractivity contribution in [2.45, 2.75) is 71.4 Å². The molecule has 2 aromatic carbocycles. The summed E-state index contributed by atoms with van der Waals surface area (Å²) < 4.78 is 10.3. The lowest BCUT2D eigenvalue weighted by atomic mass is 9.90. The monoisotopic (exact) mass is 523 g/mol. The summed E-state index contributed by atoms with van der Waals surface area (Å²) in [4.78, 5) is 36.6. The topological polar surface area (TPSA) is 97.0 Å². The molecule has 2 aliphatic heterocycles. The average molecular weight is 524 g/mol. The van der Waals surface area contributed by atoms with Gasteiger partial charge in [-0.15, -0.1) is 0 Å². The predicted octanol–water partition coefficient (Wildman–Crippen LogP) is 4.70. The number of esters is 1. The fourth-order valence-corrected chi connectivity index (χ4v) is 4.37. The number of hydrogen-bond acceptors (Lipinski definition) is 6. The first kappa shape index (κ1) is 29.2. The Morgan fingerprint density at radius 1 is 1.03 bits per heavy atom. The standard InChI is InChI=1S/C18H26N2O4.C12H15NO/c1-18(2,3)24-17(22)20-12-16(21)23-15-6-4-13(5-7-15)14-8-10-19-11-9-14;1-10-4-6-11(7-5-10)9-13-8-2-3-12(13)14/h4-7,14,19H,8-12H2,1-3H3,(H,20,22);4-7H,2-3,8-9H2,1H3. The zero-order valence-electron chi connectivity index (χ0n) is 23.0. The van der Waals surface area contributed by atoms with Crippen LogP contribution in [0.3, 0.4) is 0 Å². The third-order valence-electron chi connectivity index (χ3n) is 6.36. The van der Waals surface area contributed by atoms with Crippen molar-refractivity contribution in [2.24, 2.45) is 0 Å². The predicted molar refractivity (Wildman–Crippen MR) is 147 cm³/mol. The van der Waals surface area contributed by atoms with Gasteiger partial charge in [-0.1, -0.05) is 42.0 Å². The largest absolute Gasteiger partial charge is 0.444 e. The van der Waals surface area contributed by atoms with Crippen molar-refractivity contribution in [1.82, 2.24) is 15.5 Å². The highest BCUT2D eigenvalue weighted by atomic mass is 16.6. The van der Waals surface area contributed by atoms with E-state index in [1.54, 1.807) is 32.9 Å². The summed E-state index contributed by atoms with van der Waals surface area (Å²) in [5, 5.41) is 5.72. The second kappa shape index (κ2) is 14.0. The van der Waals surface area contributed by atoms with E-state index in [1.165, 1.54) is 16.7 Å². The van der Waals surface area contributed by atoms with E-state index in [0.717, 1.165) is 51.9 Å². The van der Waals surface area contributed by atoms with Gasteiger partial charge in [0.25, 0.3) is 0 Å². The molecular weight excluding hydrogens is 482 g/mol. The van der Waals surface area contributed by atoms with Crippen LogP contribution in [0.5, 0.6) is 5.75 Å². The van der Waals surface area contributed by atoms with Crippen LogP contribution >= 0.6 is 0 Å². The third-order valence-corrected chi connectivity index (χ3v) is 6.36. The minimum atomic E-state index is -0.638. The van der Waals surface area contributed by atoms with Crippen LogP contribution in [0.4, 0.5) is 4.79 Å². The Balaban J connectivity index is 0.000000241. The van der Waals surface area contributed by atoms with Crippen molar-refractivity contribution in [3.8, 4) is 5.75 Å². The maximum absolute atomic E-state index is 11.8.